The van der Waals surface area contributed by atoms with Crippen LogP contribution in [-0.2, 0) is 6.54 Å². The zero-order chi connectivity index (χ0) is 12.7. The van der Waals surface area contributed by atoms with Gasteiger partial charge in [-0.15, -0.1) is 11.3 Å². The summed E-state index contributed by atoms with van der Waals surface area (Å²) >= 11 is 7.37. The molecule has 0 unspecified atom stereocenters. The molecule has 0 saturated heterocycles. The van der Waals surface area contributed by atoms with Gasteiger partial charge >= 0.3 is 0 Å². The normalized spacial score (nSPS) is 15.1. The van der Waals surface area contributed by atoms with E-state index in [2.05, 4.69) is 4.98 Å². The second-order valence-electron chi connectivity index (χ2n) is 4.43. The summed E-state index contributed by atoms with van der Waals surface area (Å²) in [5.41, 5.74) is 7.72. The van der Waals surface area contributed by atoms with Crippen molar-refractivity contribution in [3.8, 4) is 10.6 Å². The van der Waals surface area contributed by atoms with E-state index in [0.29, 0.717) is 12.5 Å². The van der Waals surface area contributed by atoms with Crippen LogP contribution in [0, 0.1) is 5.82 Å². The van der Waals surface area contributed by atoms with Gasteiger partial charge in [0.15, 0.2) is 0 Å². The highest BCUT2D eigenvalue weighted by Crippen LogP contribution is 2.44. The van der Waals surface area contributed by atoms with Gasteiger partial charge < -0.3 is 5.73 Å². The van der Waals surface area contributed by atoms with Gasteiger partial charge in [-0.3, -0.25) is 0 Å². The van der Waals surface area contributed by atoms with E-state index in [1.165, 1.54) is 18.9 Å². The zero-order valence-electron chi connectivity index (χ0n) is 9.62. The van der Waals surface area contributed by atoms with E-state index in [-0.39, 0.29) is 5.02 Å². The summed E-state index contributed by atoms with van der Waals surface area (Å²) in [4.78, 5) is 5.77. The number of nitrogens with two attached hydrogens (primary N) is 1. The summed E-state index contributed by atoms with van der Waals surface area (Å²) in [7, 11) is 0. The first kappa shape index (κ1) is 12.1. The minimum absolute atomic E-state index is 0.130. The lowest BCUT2D eigenvalue weighted by Crippen LogP contribution is -1.96. The van der Waals surface area contributed by atoms with Crippen molar-refractivity contribution in [2.45, 2.75) is 25.3 Å². The molecular weight excluding hydrogens is 271 g/mol. The Morgan fingerprint density at radius 2 is 2.22 bits per heavy atom. The number of benzene rings is 1. The van der Waals surface area contributed by atoms with Gasteiger partial charge in [0.1, 0.15) is 10.8 Å². The van der Waals surface area contributed by atoms with Crippen molar-refractivity contribution in [1.82, 2.24) is 4.98 Å². The molecular formula is C13H12ClFN2S. The molecule has 0 radical (unpaired) electrons. The molecule has 2 nitrogen and oxygen atoms in total. The van der Waals surface area contributed by atoms with Gasteiger partial charge in [-0.2, -0.15) is 0 Å². The number of nitrogens with zero attached hydrogens (tertiary/aromatic N) is 1. The van der Waals surface area contributed by atoms with Gasteiger partial charge in [0, 0.05) is 22.9 Å². The fourth-order valence-corrected chi connectivity index (χ4v) is 3.14. The van der Waals surface area contributed by atoms with Crippen LogP contribution in [0.5, 0.6) is 0 Å². The van der Waals surface area contributed by atoms with E-state index in [1.807, 2.05) is 0 Å². The lowest BCUT2D eigenvalue weighted by Gasteiger charge is -1.98. The second-order valence-corrected chi connectivity index (χ2v) is 5.93. The third-order valence-corrected chi connectivity index (χ3v) is 4.48. The van der Waals surface area contributed by atoms with Gasteiger partial charge in [0.05, 0.1) is 10.7 Å². The third-order valence-electron chi connectivity index (χ3n) is 3.04. The summed E-state index contributed by atoms with van der Waals surface area (Å²) < 4.78 is 13.1. The van der Waals surface area contributed by atoms with E-state index in [0.717, 1.165) is 21.1 Å². The van der Waals surface area contributed by atoms with E-state index >= 15 is 0 Å². The van der Waals surface area contributed by atoms with Gasteiger partial charge in [-0.25, -0.2) is 9.37 Å². The summed E-state index contributed by atoms with van der Waals surface area (Å²) in [6, 6.07) is 4.70. The maximum absolute atomic E-state index is 13.1. The molecule has 1 heterocycles. The molecule has 1 fully saturated rings. The molecule has 1 aromatic carbocycles. The van der Waals surface area contributed by atoms with Crippen LogP contribution >= 0.6 is 22.9 Å². The Hall–Kier alpha value is -0.970. The first-order chi connectivity index (χ1) is 8.69. The second kappa shape index (κ2) is 4.61. The van der Waals surface area contributed by atoms with Crippen LogP contribution in [0.2, 0.25) is 5.02 Å². The van der Waals surface area contributed by atoms with Crippen LogP contribution in [0.15, 0.2) is 18.2 Å². The van der Waals surface area contributed by atoms with E-state index in [1.54, 1.807) is 23.5 Å². The SMILES string of the molecule is NCc1sc(-c2ccc(F)c(Cl)c2)nc1C1CC1. The summed E-state index contributed by atoms with van der Waals surface area (Å²) in [6.45, 7) is 0.512. The monoisotopic (exact) mass is 282 g/mol. The molecule has 1 saturated carbocycles. The van der Waals surface area contributed by atoms with Gasteiger partial charge in [0.2, 0.25) is 0 Å². The van der Waals surface area contributed by atoms with Gasteiger partial charge in [-0.1, -0.05) is 11.6 Å². The smallest absolute Gasteiger partial charge is 0.141 e. The minimum Gasteiger partial charge on any atom is -0.326 e. The minimum atomic E-state index is -0.404. The van der Waals surface area contributed by atoms with Crippen molar-refractivity contribution in [2.24, 2.45) is 5.73 Å². The van der Waals surface area contributed by atoms with Crippen LogP contribution in [0.25, 0.3) is 10.6 Å². The molecule has 18 heavy (non-hydrogen) atoms. The lowest BCUT2D eigenvalue weighted by atomic mass is 10.2. The maximum Gasteiger partial charge on any atom is 0.141 e. The predicted molar refractivity (Wildman–Crippen MR) is 72.4 cm³/mol. The fraction of sp³-hybridized carbons (Fsp3) is 0.308. The Kier molecular flexibility index (Phi) is 3.09. The zero-order valence-corrected chi connectivity index (χ0v) is 11.2. The molecule has 0 aliphatic heterocycles. The van der Waals surface area contributed by atoms with Crippen molar-refractivity contribution in [3.63, 3.8) is 0 Å². The van der Waals surface area contributed by atoms with Crippen LogP contribution in [0.4, 0.5) is 4.39 Å². The molecule has 0 bridgehead atoms. The Morgan fingerprint density at radius 1 is 1.44 bits per heavy atom. The Morgan fingerprint density at radius 3 is 2.83 bits per heavy atom. The average molecular weight is 283 g/mol. The van der Waals surface area contributed by atoms with E-state index < -0.39 is 5.82 Å². The highest BCUT2D eigenvalue weighted by molar-refractivity contribution is 7.15. The number of aromatic nitrogens is 1. The molecule has 0 spiro atoms. The number of hydrogen-bond acceptors (Lipinski definition) is 3. The lowest BCUT2D eigenvalue weighted by molar-refractivity contribution is 0.628. The van der Waals surface area contributed by atoms with Crippen LogP contribution in [0.1, 0.15) is 29.3 Å². The fourth-order valence-electron chi connectivity index (χ4n) is 1.94. The molecule has 0 amide bonds. The summed E-state index contributed by atoms with van der Waals surface area (Å²) in [6.07, 6.45) is 2.39. The number of rotatable bonds is 3. The average Bonchev–Trinajstić information content (AvgIpc) is 3.12. The van der Waals surface area contributed by atoms with E-state index in [9.17, 15) is 4.39 Å². The van der Waals surface area contributed by atoms with Crippen molar-refractivity contribution < 1.29 is 4.39 Å². The van der Waals surface area contributed by atoms with Crippen molar-refractivity contribution in [1.29, 1.82) is 0 Å². The molecule has 2 aromatic rings. The number of thiazole rings is 1. The Balaban J connectivity index is 2.02. The van der Waals surface area contributed by atoms with Crippen LogP contribution in [-0.4, -0.2) is 4.98 Å². The quantitative estimate of drug-likeness (QED) is 0.926. The first-order valence-electron chi connectivity index (χ1n) is 5.84. The first-order valence-corrected chi connectivity index (χ1v) is 7.03. The number of hydrogen-bond donors (Lipinski definition) is 1. The molecule has 1 aliphatic carbocycles. The van der Waals surface area contributed by atoms with Crippen molar-refractivity contribution in [3.05, 3.63) is 39.6 Å². The molecule has 1 aliphatic rings. The van der Waals surface area contributed by atoms with Crippen molar-refractivity contribution >= 4 is 22.9 Å². The topological polar surface area (TPSA) is 38.9 Å². The summed E-state index contributed by atoms with van der Waals surface area (Å²) in [5.74, 6) is 0.169. The van der Waals surface area contributed by atoms with E-state index in [4.69, 9.17) is 17.3 Å². The third kappa shape index (κ3) is 2.16. The molecule has 1 aromatic heterocycles. The largest absolute Gasteiger partial charge is 0.326 e. The Labute approximate surface area is 114 Å². The molecule has 5 heteroatoms. The molecule has 2 N–H and O–H groups in total. The van der Waals surface area contributed by atoms with Gasteiger partial charge in [-0.05, 0) is 31.0 Å². The van der Waals surface area contributed by atoms with Gasteiger partial charge in [0.25, 0.3) is 0 Å². The molecule has 94 valence electrons. The highest BCUT2D eigenvalue weighted by atomic mass is 35.5. The van der Waals surface area contributed by atoms with Crippen molar-refractivity contribution in [2.75, 3.05) is 0 Å². The number of halogens is 2. The predicted octanol–water partition coefficient (Wildman–Crippen LogP) is 3.94. The standard InChI is InChI=1S/C13H12ClFN2S/c14-9-5-8(3-4-10(9)15)13-17-12(7-1-2-7)11(6-16)18-13/h3-5,7H,1-2,6,16H2. The highest BCUT2D eigenvalue weighted by Gasteiger charge is 2.29. The Bertz CT molecular complexity index is 593. The molecule has 3 rings (SSSR count). The summed E-state index contributed by atoms with van der Waals surface area (Å²) in [5, 5.41) is 1.00. The van der Waals surface area contributed by atoms with Crippen LogP contribution < -0.4 is 5.73 Å². The maximum atomic E-state index is 13.1. The van der Waals surface area contributed by atoms with Crippen LogP contribution in [0.3, 0.4) is 0 Å². The molecule has 0 atom stereocenters.